The molecule has 2 aromatic heterocycles. The van der Waals surface area contributed by atoms with Crippen LogP contribution in [0.3, 0.4) is 0 Å². The van der Waals surface area contributed by atoms with Crippen LogP contribution in [0.1, 0.15) is 16.1 Å². The zero-order valence-corrected chi connectivity index (χ0v) is 10.1. The summed E-state index contributed by atoms with van der Waals surface area (Å²) in [6.07, 6.45) is 1.63. The Morgan fingerprint density at radius 1 is 1.21 bits per heavy atom. The van der Waals surface area contributed by atoms with Gasteiger partial charge in [-0.05, 0) is 18.4 Å². The fraction of sp³-hybridized carbons (Fsp3) is 0.0714. The molecule has 1 N–H and O–H groups in total. The normalized spacial score (nSPS) is 10.8. The highest BCUT2D eigenvalue weighted by atomic mass is 16.5. The average Bonchev–Trinajstić information content (AvgIpc) is 2.80. The summed E-state index contributed by atoms with van der Waals surface area (Å²) in [6.45, 7) is 1.57. The molecule has 0 aliphatic carbocycles. The van der Waals surface area contributed by atoms with Crippen molar-refractivity contribution in [3.63, 3.8) is 0 Å². The third-order valence-electron chi connectivity index (χ3n) is 2.97. The number of aromatic carboxylic acids is 1. The van der Waals surface area contributed by atoms with Crippen molar-refractivity contribution in [2.45, 2.75) is 6.92 Å². The number of nitrogens with zero attached hydrogens (tertiary/aromatic N) is 2. The van der Waals surface area contributed by atoms with Crippen molar-refractivity contribution in [3.8, 4) is 11.4 Å². The molecule has 3 rings (SSSR count). The molecule has 0 spiro atoms. The number of benzene rings is 1. The summed E-state index contributed by atoms with van der Waals surface area (Å²) < 4.78 is 4.99. The van der Waals surface area contributed by atoms with Crippen LogP contribution in [-0.4, -0.2) is 21.2 Å². The Labute approximate surface area is 108 Å². The minimum atomic E-state index is -1.07. The van der Waals surface area contributed by atoms with Gasteiger partial charge in [0.05, 0.1) is 0 Å². The van der Waals surface area contributed by atoms with E-state index < -0.39 is 5.97 Å². The number of aromatic nitrogens is 2. The molecule has 0 amide bonds. The van der Waals surface area contributed by atoms with E-state index in [1.807, 2.05) is 30.3 Å². The van der Waals surface area contributed by atoms with Crippen molar-refractivity contribution in [1.82, 2.24) is 10.1 Å². The van der Waals surface area contributed by atoms with Gasteiger partial charge in [0.1, 0.15) is 22.7 Å². The van der Waals surface area contributed by atoms with Gasteiger partial charge >= 0.3 is 5.97 Å². The number of carbonyl (C=O) groups is 1. The third-order valence-corrected chi connectivity index (χ3v) is 2.97. The lowest BCUT2D eigenvalue weighted by molar-refractivity contribution is 0.0695. The molecule has 1 aromatic carbocycles. The van der Waals surface area contributed by atoms with E-state index in [1.54, 1.807) is 13.1 Å². The first-order valence-electron chi connectivity index (χ1n) is 5.72. The second-order valence-corrected chi connectivity index (χ2v) is 4.15. The molecule has 0 fully saturated rings. The number of aryl methyl sites for hydroxylation is 1. The lowest BCUT2D eigenvalue weighted by Crippen LogP contribution is -2.00. The molecule has 0 radical (unpaired) electrons. The van der Waals surface area contributed by atoms with Crippen LogP contribution in [0.2, 0.25) is 0 Å². The number of carboxylic acids is 1. The molecule has 0 atom stereocenters. The van der Waals surface area contributed by atoms with E-state index in [4.69, 9.17) is 4.52 Å². The monoisotopic (exact) mass is 254 g/mol. The van der Waals surface area contributed by atoms with E-state index >= 15 is 0 Å². The van der Waals surface area contributed by atoms with Gasteiger partial charge in [0.2, 0.25) is 0 Å². The molecule has 2 heterocycles. The van der Waals surface area contributed by atoms with Crippen LogP contribution in [0.5, 0.6) is 0 Å². The average molecular weight is 254 g/mol. The molecular formula is C14H10N2O3. The van der Waals surface area contributed by atoms with Gasteiger partial charge in [-0.1, -0.05) is 29.4 Å². The summed E-state index contributed by atoms with van der Waals surface area (Å²) in [6, 6.07) is 9.48. The SMILES string of the molecule is Cc1onc(-c2nccc3ccccc23)c1C(=O)O. The maximum absolute atomic E-state index is 11.3. The lowest BCUT2D eigenvalue weighted by atomic mass is 10.0. The summed E-state index contributed by atoms with van der Waals surface area (Å²) >= 11 is 0. The Morgan fingerprint density at radius 3 is 2.79 bits per heavy atom. The molecule has 0 bridgehead atoms. The van der Waals surface area contributed by atoms with Gasteiger partial charge in [-0.2, -0.15) is 0 Å². The van der Waals surface area contributed by atoms with Crippen molar-refractivity contribution in [2.75, 3.05) is 0 Å². The van der Waals surface area contributed by atoms with Crippen molar-refractivity contribution in [2.24, 2.45) is 0 Å². The zero-order valence-electron chi connectivity index (χ0n) is 10.1. The van der Waals surface area contributed by atoms with Crippen LogP contribution in [-0.2, 0) is 0 Å². The van der Waals surface area contributed by atoms with Gasteiger partial charge < -0.3 is 9.63 Å². The maximum Gasteiger partial charge on any atom is 0.341 e. The van der Waals surface area contributed by atoms with Crippen LogP contribution < -0.4 is 0 Å². The van der Waals surface area contributed by atoms with E-state index in [1.165, 1.54) is 0 Å². The number of hydrogen-bond donors (Lipinski definition) is 1. The van der Waals surface area contributed by atoms with Crippen LogP contribution in [0.4, 0.5) is 0 Å². The van der Waals surface area contributed by atoms with Crippen molar-refractivity contribution >= 4 is 16.7 Å². The summed E-state index contributed by atoms with van der Waals surface area (Å²) in [5.41, 5.74) is 0.845. The quantitative estimate of drug-likeness (QED) is 0.760. The summed E-state index contributed by atoms with van der Waals surface area (Å²) in [7, 11) is 0. The number of hydrogen-bond acceptors (Lipinski definition) is 4. The van der Waals surface area contributed by atoms with Crippen LogP contribution in [0, 0.1) is 6.92 Å². The van der Waals surface area contributed by atoms with Crippen molar-refractivity contribution in [1.29, 1.82) is 0 Å². The highest BCUT2D eigenvalue weighted by molar-refractivity contribution is 6.01. The Balaban J connectivity index is 2.34. The Morgan fingerprint density at radius 2 is 2.00 bits per heavy atom. The molecule has 0 saturated carbocycles. The molecule has 3 aromatic rings. The van der Waals surface area contributed by atoms with E-state index in [-0.39, 0.29) is 17.0 Å². The predicted molar refractivity (Wildman–Crippen MR) is 68.9 cm³/mol. The molecule has 5 heteroatoms. The first-order chi connectivity index (χ1) is 9.18. The van der Waals surface area contributed by atoms with Crippen LogP contribution in [0.15, 0.2) is 41.1 Å². The van der Waals surface area contributed by atoms with Gasteiger partial charge in [0.15, 0.2) is 0 Å². The Kier molecular flexibility index (Phi) is 2.52. The topological polar surface area (TPSA) is 76.2 Å². The van der Waals surface area contributed by atoms with Gasteiger partial charge in [0, 0.05) is 11.6 Å². The summed E-state index contributed by atoms with van der Waals surface area (Å²) in [5.74, 6) is -0.791. The summed E-state index contributed by atoms with van der Waals surface area (Å²) in [4.78, 5) is 15.5. The Hall–Kier alpha value is -2.69. The number of rotatable bonds is 2. The van der Waals surface area contributed by atoms with Crippen molar-refractivity contribution < 1.29 is 14.4 Å². The molecule has 0 unspecified atom stereocenters. The largest absolute Gasteiger partial charge is 0.477 e. The van der Waals surface area contributed by atoms with Crippen LogP contribution in [0.25, 0.3) is 22.2 Å². The molecule has 0 aliphatic rings. The lowest BCUT2D eigenvalue weighted by Gasteiger charge is -2.03. The van der Waals surface area contributed by atoms with Crippen LogP contribution >= 0.6 is 0 Å². The first-order valence-corrected chi connectivity index (χ1v) is 5.72. The molecule has 19 heavy (non-hydrogen) atoms. The highest BCUT2D eigenvalue weighted by Gasteiger charge is 2.22. The van der Waals surface area contributed by atoms with E-state index in [0.717, 1.165) is 10.8 Å². The van der Waals surface area contributed by atoms with E-state index in [2.05, 4.69) is 10.1 Å². The second kappa shape index (κ2) is 4.20. The minimum Gasteiger partial charge on any atom is -0.477 e. The van der Waals surface area contributed by atoms with E-state index in [9.17, 15) is 9.90 Å². The molecule has 0 saturated heterocycles. The fourth-order valence-corrected chi connectivity index (χ4v) is 2.09. The maximum atomic E-state index is 11.3. The molecule has 0 aliphatic heterocycles. The summed E-state index contributed by atoms with van der Waals surface area (Å²) in [5, 5.41) is 14.9. The highest BCUT2D eigenvalue weighted by Crippen LogP contribution is 2.29. The number of pyridine rings is 1. The number of carboxylic acid groups (broad SMARTS) is 1. The van der Waals surface area contributed by atoms with Gasteiger partial charge in [-0.3, -0.25) is 4.98 Å². The standard InChI is InChI=1S/C14H10N2O3/c1-8-11(14(17)18)13(16-19-8)12-10-5-3-2-4-9(10)6-7-15-12/h2-7H,1H3,(H,17,18). The smallest absolute Gasteiger partial charge is 0.341 e. The number of fused-ring (bicyclic) bond motifs is 1. The van der Waals surface area contributed by atoms with E-state index in [0.29, 0.717) is 5.69 Å². The molecular weight excluding hydrogens is 244 g/mol. The predicted octanol–water partition coefficient (Wildman–Crippen LogP) is 2.90. The third kappa shape index (κ3) is 1.76. The van der Waals surface area contributed by atoms with Gasteiger partial charge in [-0.25, -0.2) is 4.79 Å². The van der Waals surface area contributed by atoms with Gasteiger partial charge in [0.25, 0.3) is 0 Å². The molecule has 94 valence electrons. The molecule has 5 nitrogen and oxygen atoms in total. The van der Waals surface area contributed by atoms with Crippen molar-refractivity contribution in [3.05, 3.63) is 47.9 Å². The fourth-order valence-electron chi connectivity index (χ4n) is 2.09. The Bertz CT molecular complexity index is 772. The second-order valence-electron chi connectivity index (χ2n) is 4.15. The minimum absolute atomic E-state index is 0.0591. The first kappa shape index (κ1) is 11.4. The zero-order chi connectivity index (χ0) is 13.4. The van der Waals surface area contributed by atoms with Gasteiger partial charge in [-0.15, -0.1) is 0 Å².